The molecule has 1 amide bonds. The van der Waals surface area contributed by atoms with Gasteiger partial charge in [-0.05, 0) is 51.9 Å². The van der Waals surface area contributed by atoms with Crippen LogP contribution >= 0.6 is 11.8 Å². The highest BCUT2D eigenvalue weighted by molar-refractivity contribution is 7.99. The summed E-state index contributed by atoms with van der Waals surface area (Å²) < 4.78 is 14.9. The first-order valence-corrected chi connectivity index (χ1v) is 10.0. The number of carbonyl (C=O) groups excluding carboxylic acids is 1. The molecule has 8 heteroatoms. The molecule has 6 nitrogen and oxygen atoms in total. The fourth-order valence-corrected chi connectivity index (χ4v) is 3.86. The first kappa shape index (κ1) is 19.1. The molecule has 0 bridgehead atoms. The molecule has 1 heterocycles. The summed E-state index contributed by atoms with van der Waals surface area (Å²) in [6.07, 6.45) is 0. The topological polar surface area (TPSA) is 72.7 Å². The number of tetrazole rings is 1. The van der Waals surface area contributed by atoms with E-state index in [0.717, 1.165) is 16.3 Å². The molecule has 0 fully saturated rings. The van der Waals surface area contributed by atoms with Crippen LogP contribution in [0.5, 0.6) is 0 Å². The van der Waals surface area contributed by atoms with E-state index in [-0.39, 0.29) is 23.5 Å². The van der Waals surface area contributed by atoms with Crippen molar-refractivity contribution in [2.24, 2.45) is 0 Å². The number of benzene rings is 3. The molecule has 0 spiro atoms. The van der Waals surface area contributed by atoms with E-state index in [1.165, 1.54) is 28.6 Å². The lowest BCUT2D eigenvalue weighted by Crippen LogP contribution is -2.28. The van der Waals surface area contributed by atoms with Crippen LogP contribution in [-0.2, 0) is 4.79 Å². The van der Waals surface area contributed by atoms with Gasteiger partial charge in [-0.3, -0.25) is 4.79 Å². The first-order chi connectivity index (χ1) is 14.1. The highest BCUT2D eigenvalue weighted by Crippen LogP contribution is 2.24. The Bertz CT molecular complexity index is 1160. The van der Waals surface area contributed by atoms with E-state index < -0.39 is 0 Å². The molecule has 3 aromatic carbocycles. The Kier molecular flexibility index (Phi) is 5.53. The first-order valence-electron chi connectivity index (χ1n) is 9.06. The Morgan fingerprint density at radius 2 is 1.93 bits per heavy atom. The van der Waals surface area contributed by atoms with E-state index in [1.54, 1.807) is 12.1 Å². The minimum Gasteiger partial charge on any atom is -0.349 e. The van der Waals surface area contributed by atoms with Gasteiger partial charge in [-0.2, -0.15) is 4.68 Å². The molecular weight excluding hydrogens is 389 g/mol. The zero-order valence-electron chi connectivity index (χ0n) is 15.6. The quantitative estimate of drug-likeness (QED) is 0.491. The second-order valence-corrected chi connectivity index (χ2v) is 7.44. The summed E-state index contributed by atoms with van der Waals surface area (Å²) in [6, 6.07) is 20.0. The van der Waals surface area contributed by atoms with Gasteiger partial charge in [0.05, 0.1) is 17.5 Å². The van der Waals surface area contributed by atoms with Crippen LogP contribution in [0.4, 0.5) is 4.39 Å². The molecule has 0 saturated carbocycles. The van der Waals surface area contributed by atoms with Gasteiger partial charge in [0.25, 0.3) is 0 Å². The average molecular weight is 407 g/mol. The minimum absolute atomic E-state index is 0.135. The van der Waals surface area contributed by atoms with E-state index in [2.05, 4.69) is 39.0 Å². The Morgan fingerprint density at radius 1 is 1.14 bits per heavy atom. The third-order valence-corrected chi connectivity index (χ3v) is 5.41. The van der Waals surface area contributed by atoms with Gasteiger partial charge < -0.3 is 5.32 Å². The standard InChI is InChI=1S/C21H18FN5OS/c1-14(18-11-4-7-15-6-2-3-10-19(15)18)23-20(28)13-29-21-24-25-26-27(21)17-9-5-8-16(22)12-17/h2-12,14H,13H2,1H3,(H,23,28)/t14-/m0/s1. The van der Waals surface area contributed by atoms with Crippen molar-refractivity contribution in [3.05, 3.63) is 78.1 Å². The van der Waals surface area contributed by atoms with Crippen molar-refractivity contribution in [3.63, 3.8) is 0 Å². The predicted molar refractivity (Wildman–Crippen MR) is 110 cm³/mol. The molecule has 0 aliphatic heterocycles. The van der Waals surface area contributed by atoms with Gasteiger partial charge in [0.15, 0.2) is 0 Å². The number of hydrogen-bond acceptors (Lipinski definition) is 5. The van der Waals surface area contributed by atoms with E-state index >= 15 is 0 Å². The van der Waals surface area contributed by atoms with E-state index in [0.29, 0.717) is 10.8 Å². The third kappa shape index (κ3) is 4.27. The van der Waals surface area contributed by atoms with Gasteiger partial charge in [-0.1, -0.05) is 60.3 Å². The maximum Gasteiger partial charge on any atom is 0.230 e. The van der Waals surface area contributed by atoms with E-state index in [1.807, 2.05) is 31.2 Å². The summed E-state index contributed by atoms with van der Waals surface area (Å²) in [5, 5.41) is 17.1. The number of hydrogen-bond donors (Lipinski definition) is 1. The highest BCUT2D eigenvalue weighted by Gasteiger charge is 2.15. The molecule has 29 heavy (non-hydrogen) atoms. The zero-order valence-corrected chi connectivity index (χ0v) is 16.4. The molecule has 146 valence electrons. The van der Waals surface area contributed by atoms with Gasteiger partial charge in [0, 0.05) is 0 Å². The normalized spacial score (nSPS) is 12.1. The molecule has 0 aliphatic carbocycles. The zero-order chi connectivity index (χ0) is 20.2. The summed E-state index contributed by atoms with van der Waals surface area (Å²) in [4.78, 5) is 12.5. The second kappa shape index (κ2) is 8.40. The van der Waals surface area contributed by atoms with Crippen LogP contribution in [0.25, 0.3) is 16.5 Å². The minimum atomic E-state index is -0.379. The van der Waals surface area contributed by atoms with Gasteiger partial charge in [-0.25, -0.2) is 4.39 Å². The number of thioether (sulfide) groups is 1. The molecule has 1 N–H and O–H groups in total. The summed E-state index contributed by atoms with van der Waals surface area (Å²) in [5.74, 6) is -0.370. The number of amides is 1. The van der Waals surface area contributed by atoms with Crippen LogP contribution in [0.2, 0.25) is 0 Å². The van der Waals surface area contributed by atoms with Crippen molar-refractivity contribution in [3.8, 4) is 5.69 Å². The predicted octanol–water partition coefficient (Wildman–Crippen LogP) is 3.92. The smallest absolute Gasteiger partial charge is 0.230 e. The maximum absolute atomic E-state index is 13.5. The van der Waals surface area contributed by atoms with Crippen molar-refractivity contribution in [1.29, 1.82) is 0 Å². The molecule has 4 rings (SSSR count). The van der Waals surface area contributed by atoms with Crippen molar-refractivity contribution >= 4 is 28.4 Å². The fraction of sp³-hybridized carbons (Fsp3) is 0.143. The number of halogens is 1. The summed E-state index contributed by atoms with van der Waals surface area (Å²) in [6.45, 7) is 1.96. The monoisotopic (exact) mass is 407 g/mol. The number of fused-ring (bicyclic) bond motifs is 1. The number of nitrogens with zero attached hydrogens (tertiary/aromatic N) is 4. The highest BCUT2D eigenvalue weighted by atomic mass is 32.2. The number of carbonyl (C=O) groups is 1. The van der Waals surface area contributed by atoms with Crippen LogP contribution in [0, 0.1) is 5.82 Å². The molecule has 0 radical (unpaired) electrons. The van der Waals surface area contributed by atoms with Crippen LogP contribution in [-0.4, -0.2) is 31.9 Å². The Labute approximate surface area is 171 Å². The Balaban J connectivity index is 1.43. The van der Waals surface area contributed by atoms with Crippen molar-refractivity contribution in [2.45, 2.75) is 18.1 Å². The van der Waals surface area contributed by atoms with Crippen LogP contribution < -0.4 is 5.32 Å². The van der Waals surface area contributed by atoms with Crippen molar-refractivity contribution in [2.75, 3.05) is 5.75 Å². The summed E-state index contributed by atoms with van der Waals surface area (Å²) in [5.41, 5.74) is 1.56. The lowest BCUT2D eigenvalue weighted by atomic mass is 10.00. The van der Waals surface area contributed by atoms with E-state index in [4.69, 9.17) is 0 Å². The lowest BCUT2D eigenvalue weighted by molar-refractivity contribution is -0.119. The van der Waals surface area contributed by atoms with Crippen LogP contribution in [0.3, 0.4) is 0 Å². The largest absolute Gasteiger partial charge is 0.349 e. The molecule has 0 aliphatic rings. The van der Waals surface area contributed by atoms with Gasteiger partial charge in [0.1, 0.15) is 5.82 Å². The maximum atomic E-state index is 13.5. The van der Waals surface area contributed by atoms with Gasteiger partial charge >= 0.3 is 0 Å². The van der Waals surface area contributed by atoms with Crippen LogP contribution in [0.1, 0.15) is 18.5 Å². The third-order valence-electron chi connectivity index (χ3n) is 4.49. The number of aromatic nitrogens is 4. The SMILES string of the molecule is C[C@H](NC(=O)CSc1nnnn1-c1cccc(F)c1)c1cccc2ccccc12. The molecular formula is C21H18FN5OS. The molecule has 1 atom stereocenters. The lowest BCUT2D eigenvalue weighted by Gasteiger charge is -2.16. The summed E-state index contributed by atoms with van der Waals surface area (Å²) >= 11 is 1.20. The van der Waals surface area contributed by atoms with Crippen molar-refractivity contribution in [1.82, 2.24) is 25.5 Å². The number of nitrogens with one attached hydrogen (secondary N) is 1. The second-order valence-electron chi connectivity index (χ2n) is 6.50. The molecule has 0 unspecified atom stereocenters. The average Bonchev–Trinajstić information content (AvgIpc) is 3.20. The summed E-state index contributed by atoms with van der Waals surface area (Å²) in [7, 11) is 0. The fourth-order valence-electron chi connectivity index (χ4n) is 3.16. The van der Waals surface area contributed by atoms with Crippen LogP contribution in [0.15, 0.2) is 71.9 Å². The molecule has 0 saturated heterocycles. The number of rotatable bonds is 6. The molecule has 1 aromatic heterocycles. The van der Waals surface area contributed by atoms with E-state index in [9.17, 15) is 9.18 Å². The van der Waals surface area contributed by atoms with Gasteiger partial charge in [0.2, 0.25) is 11.1 Å². The molecule has 4 aromatic rings. The Hall–Kier alpha value is -3.26. The van der Waals surface area contributed by atoms with Crippen molar-refractivity contribution < 1.29 is 9.18 Å². The van der Waals surface area contributed by atoms with Gasteiger partial charge in [-0.15, -0.1) is 5.10 Å². The Morgan fingerprint density at radius 3 is 2.79 bits per heavy atom.